The summed E-state index contributed by atoms with van der Waals surface area (Å²) >= 11 is 0. The molecular formula is C8H9FN2O. The van der Waals surface area contributed by atoms with Gasteiger partial charge in [-0.2, -0.15) is 0 Å². The Morgan fingerprint density at radius 1 is 1.42 bits per heavy atom. The van der Waals surface area contributed by atoms with Crippen LogP contribution in [0.4, 0.5) is 4.39 Å². The van der Waals surface area contributed by atoms with Crippen LogP contribution in [0.2, 0.25) is 0 Å². The molecule has 0 fully saturated rings. The Kier molecular flexibility index (Phi) is 2.76. The normalized spacial score (nSPS) is 9.50. The Hall–Kier alpha value is -1.42. The van der Waals surface area contributed by atoms with E-state index < -0.39 is 12.7 Å². The molecule has 0 unspecified atom stereocenters. The molecule has 0 radical (unpaired) electrons. The third kappa shape index (κ3) is 1.79. The number of carbonyl (C=O) groups is 1. The number of hydrogen-bond donors (Lipinski definition) is 1. The fourth-order valence-corrected chi connectivity index (χ4v) is 0.801. The minimum atomic E-state index is -0.978. The van der Waals surface area contributed by atoms with E-state index >= 15 is 0 Å². The van der Waals surface area contributed by atoms with E-state index in [1.165, 1.54) is 0 Å². The SMILES string of the molecule is NN(CF)C(=O)c1ccccc1. The van der Waals surface area contributed by atoms with Crippen molar-refractivity contribution in [2.45, 2.75) is 0 Å². The summed E-state index contributed by atoms with van der Waals surface area (Å²) in [6.45, 7) is -0.978. The van der Waals surface area contributed by atoms with Gasteiger partial charge in [-0.05, 0) is 12.1 Å². The number of halogens is 1. The van der Waals surface area contributed by atoms with Gasteiger partial charge in [0, 0.05) is 5.56 Å². The first kappa shape index (κ1) is 8.67. The standard InChI is InChI=1S/C8H9FN2O/c9-6-11(10)8(12)7-4-2-1-3-5-7/h1-5H,6,10H2. The largest absolute Gasteiger partial charge is 0.270 e. The maximum absolute atomic E-state index is 11.9. The Morgan fingerprint density at radius 2 is 2.00 bits per heavy atom. The second-order valence-electron chi connectivity index (χ2n) is 2.26. The quantitative estimate of drug-likeness (QED) is 0.309. The van der Waals surface area contributed by atoms with Gasteiger partial charge in [0.1, 0.15) is 0 Å². The van der Waals surface area contributed by atoms with Gasteiger partial charge in [-0.15, -0.1) is 0 Å². The third-order valence-corrected chi connectivity index (χ3v) is 1.41. The molecule has 0 aliphatic heterocycles. The fourth-order valence-electron chi connectivity index (χ4n) is 0.801. The van der Waals surface area contributed by atoms with Crippen LogP contribution in [0.5, 0.6) is 0 Å². The molecule has 12 heavy (non-hydrogen) atoms. The zero-order chi connectivity index (χ0) is 8.97. The first-order valence-electron chi connectivity index (χ1n) is 3.43. The summed E-state index contributed by atoms with van der Waals surface area (Å²) in [6.07, 6.45) is 0. The highest BCUT2D eigenvalue weighted by Crippen LogP contribution is 2.00. The Bertz CT molecular complexity index is 263. The molecular weight excluding hydrogens is 159 g/mol. The first-order chi connectivity index (χ1) is 5.75. The van der Waals surface area contributed by atoms with Crippen LogP contribution in [-0.2, 0) is 0 Å². The average molecular weight is 168 g/mol. The highest BCUT2D eigenvalue weighted by atomic mass is 19.1. The summed E-state index contributed by atoms with van der Waals surface area (Å²) in [5, 5.41) is 0.523. The van der Waals surface area contributed by atoms with Gasteiger partial charge in [0.15, 0.2) is 6.80 Å². The maximum atomic E-state index is 11.9. The number of amides is 1. The number of benzene rings is 1. The van der Waals surface area contributed by atoms with Crippen LogP contribution >= 0.6 is 0 Å². The van der Waals surface area contributed by atoms with E-state index in [0.29, 0.717) is 10.6 Å². The highest BCUT2D eigenvalue weighted by Gasteiger charge is 2.09. The molecule has 64 valence electrons. The molecule has 0 aliphatic rings. The van der Waals surface area contributed by atoms with Crippen molar-refractivity contribution in [2.75, 3.05) is 6.80 Å². The van der Waals surface area contributed by atoms with Gasteiger partial charge in [-0.3, -0.25) is 4.79 Å². The van der Waals surface area contributed by atoms with Crippen LogP contribution in [0, 0.1) is 0 Å². The molecule has 1 amide bonds. The van der Waals surface area contributed by atoms with E-state index in [4.69, 9.17) is 5.84 Å². The van der Waals surface area contributed by atoms with Gasteiger partial charge in [0.2, 0.25) is 0 Å². The van der Waals surface area contributed by atoms with Crippen LogP contribution in [0.25, 0.3) is 0 Å². The zero-order valence-corrected chi connectivity index (χ0v) is 6.40. The van der Waals surface area contributed by atoms with E-state index in [1.54, 1.807) is 30.3 Å². The average Bonchev–Trinajstić information content (AvgIpc) is 2.17. The zero-order valence-electron chi connectivity index (χ0n) is 6.40. The van der Waals surface area contributed by atoms with Crippen molar-refractivity contribution >= 4 is 5.91 Å². The predicted molar refractivity (Wildman–Crippen MR) is 42.8 cm³/mol. The van der Waals surface area contributed by atoms with Crippen molar-refractivity contribution in [3.63, 3.8) is 0 Å². The number of hydrogen-bond acceptors (Lipinski definition) is 2. The lowest BCUT2D eigenvalue weighted by Gasteiger charge is -2.10. The number of nitrogens with two attached hydrogens (primary N) is 1. The van der Waals surface area contributed by atoms with Crippen LogP contribution in [0.3, 0.4) is 0 Å². The highest BCUT2D eigenvalue weighted by molar-refractivity contribution is 5.93. The second kappa shape index (κ2) is 3.82. The van der Waals surface area contributed by atoms with Crippen LogP contribution < -0.4 is 5.84 Å². The molecule has 4 heteroatoms. The molecule has 3 nitrogen and oxygen atoms in total. The Balaban J connectivity index is 2.79. The monoisotopic (exact) mass is 168 g/mol. The molecule has 0 spiro atoms. The van der Waals surface area contributed by atoms with Crippen molar-refractivity contribution in [3.05, 3.63) is 35.9 Å². The lowest BCUT2D eigenvalue weighted by molar-refractivity contribution is 0.0680. The number of rotatable bonds is 2. The van der Waals surface area contributed by atoms with Crippen molar-refractivity contribution in [2.24, 2.45) is 5.84 Å². The molecule has 2 N–H and O–H groups in total. The molecule has 0 heterocycles. The van der Waals surface area contributed by atoms with Crippen molar-refractivity contribution in [3.8, 4) is 0 Å². The van der Waals surface area contributed by atoms with Gasteiger partial charge < -0.3 is 0 Å². The first-order valence-corrected chi connectivity index (χ1v) is 3.43. The van der Waals surface area contributed by atoms with Gasteiger partial charge >= 0.3 is 0 Å². The van der Waals surface area contributed by atoms with Gasteiger partial charge in [-0.1, -0.05) is 18.2 Å². The van der Waals surface area contributed by atoms with Crippen molar-refractivity contribution in [1.29, 1.82) is 0 Å². The summed E-state index contributed by atoms with van der Waals surface area (Å²) < 4.78 is 11.9. The molecule has 1 aromatic rings. The summed E-state index contributed by atoms with van der Waals surface area (Å²) in [5.41, 5.74) is 0.387. The van der Waals surface area contributed by atoms with Crippen LogP contribution in [-0.4, -0.2) is 17.7 Å². The predicted octanol–water partition coefficient (Wildman–Crippen LogP) is 0.930. The fraction of sp³-hybridized carbons (Fsp3) is 0.125. The van der Waals surface area contributed by atoms with Gasteiger partial charge in [0.05, 0.1) is 0 Å². The third-order valence-electron chi connectivity index (χ3n) is 1.41. The molecule has 1 rings (SSSR count). The Morgan fingerprint density at radius 3 is 2.50 bits per heavy atom. The van der Waals surface area contributed by atoms with Gasteiger partial charge in [0.25, 0.3) is 5.91 Å². The number of nitrogens with zero attached hydrogens (tertiary/aromatic N) is 1. The summed E-state index contributed by atoms with van der Waals surface area (Å²) in [6, 6.07) is 8.32. The van der Waals surface area contributed by atoms with Gasteiger partial charge in [-0.25, -0.2) is 15.2 Å². The lowest BCUT2D eigenvalue weighted by Crippen LogP contribution is -2.36. The van der Waals surface area contributed by atoms with E-state index in [-0.39, 0.29) is 0 Å². The molecule has 0 aromatic heterocycles. The minimum absolute atomic E-state index is 0.387. The smallest absolute Gasteiger partial charge is 0.268 e. The maximum Gasteiger partial charge on any atom is 0.270 e. The molecule has 1 aromatic carbocycles. The topological polar surface area (TPSA) is 46.3 Å². The summed E-state index contributed by atoms with van der Waals surface area (Å²) in [7, 11) is 0. The van der Waals surface area contributed by atoms with Crippen molar-refractivity contribution < 1.29 is 9.18 Å². The van der Waals surface area contributed by atoms with Crippen molar-refractivity contribution in [1.82, 2.24) is 5.01 Å². The van der Waals surface area contributed by atoms with E-state index in [9.17, 15) is 9.18 Å². The molecule has 0 aliphatic carbocycles. The molecule has 0 saturated carbocycles. The summed E-state index contributed by atoms with van der Waals surface area (Å²) in [5.74, 6) is 4.54. The second-order valence-corrected chi connectivity index (χ2v) is 2.26. The van der Waals surface area contributed by atoms with E-state index in [0.717, 1.165) is 0 Å². The molecule has 0 atom stereocenters. The Labute approximate surface area is 69.6 Å². The van der Waals surface area contributed by atoms with E-state index in [1.807, 2.05) is 0 Å². The van der Waals surface area contributed by atoms with Crippen LogP contribution in [0.1, 0.15) is 10.4 Å². The number of alkyl halides is 1. The molecule has 0 saturated heterocycles. The number of hydrazine groups is 1. The van der Waals surface area contributed by atoms with Crippen LogP contribution in [0.15, 0.2) is 30.3 Å². The number of carbonyl (C=O) groups excluding carboxylic acids is 1. The van der Waals surface area contributed by atoms with E-state index in [2.05, 4.69) is 0 Å². The lowest BCUT2D eigenvalue weighted by atomic mass is 10.2. The summed E-state index contributed by atoms with van der Waals surface area (Å²) in [4.78, 5) is 11.1. The molecule has 0 bridgehead atoms. The minimum Gasteiger partial charge on any atom is -0.268 e.